The number of anilines is 1. The summed E-state index contributed by atoms with van der Waals surface area (Å²) in [5.74, 6) is -0.535. The van der Waals surface area contributed by atoms with Crippen LogP contribution < -0.4 is 26.7 Å². The Balaban J connectivity index is 1.89. The van der Waals surface area contributed by atoms with E-state index in [1.807, 2.05) is 18.7 Å². The van der Waals surface area contributed by atoms with E-state index in [1.54, 1.807) is 4.57 Å². The van der Waals surface area contributed by atoms with Crippen LogP contribution in [0, 0.1) is 18.7 Å². The summed E-state index contributed by atoms with van der Waals surface area (Å²) in [6.45, 7) is 4.86. The second kappa shape index (κ2) is 7.33. The van der Waals surface area contributed by atoms with E-state index in [2.05, 4.69) is 0 Å². The molecule has 1 saturated heterocycles. The summed E-state index contributed by atoms with van der Waals surface area (Å²) in [4.78, 5) is 26.0. The van der Waals surface area contributed by atoms with Gasteiger partial charge in [-0.05, 0) is 50.7 Å². The lowest BCUT2D eigenvalue weighted by atomic mass is 10.0. The predicted octanol–water partition coefficient (Wildman–Crippen LogP) is 1.82. The number of rotatable bonds is 6. The van der Waals surface area contributed by atoms with Crippen molar-refractivity contribution < 1.29 is 13.9 Å². The van der Waals surface area contributed by atoms with Crippen molar-refractivity contribution in [1.82, 2.24) is 4.57 Å². The summed E-state index contributed by atoms with van der Waals surface area (Å²) >= 11 is 0. The molecule has 2 aromatic rings. The maximum absolute atomic E-state index is 15.3. The van der Waals surface area contributed by atoms with Crippen molar-refractivity contribution in [3.63, 3.8) is 0 Å². The van der Waals surface area contributed by atoms with Gasteiger partial charge in [-0.1, -0.05) is 0 Å². The molecule has 2 aliphatic rings. The maximum Gasteiger partial charge on any atom is 0.255 e. The Morgan fingerprint density at radius 2 is 2.07 bits per heavy atom. The number of nitrogens with zero attached hydrogens (tertiary/aromatic N) is 2. The largest absolute Gasteiger partial charge is 0.483 e. The van der Waals surface area contributed by atoms with Gasteiger partial charge in [0, 0.05) is 36.6 Å². The lowest BCUT2D eigenvalue weighted by molar-refractivity contribution is -0.119. The highest BCUT2D eigenvalue weighted by molar-refractivity contribution is 5.92. The van der Waals surface area contributed by atoms with Crippen LogP contribution in [0.4, 0.5) is 10.1 Å². The van der Waals surface area contributed by atoms with Crippen LogP contribution in [0.3, 0.4) is 0 Å². The first-order chi connectivity index (χ1) is 13.8. The van der Waals surface area contributed by atoms with Gasteiger partial charge in [-0.3, -0.25) is 9.59 Å². The molecule has 2 fully saturated rings. The van der Waals surface area contributed by atoms with E-state index >= 15 is 4.39 Å². The molecule has 7 nitrogen and oxygen atoms in total. The number of halogens is 1. The fourth-order valence-electron chi connectivity index (χ4n) is 4.40. The summed E-state index contributed by atoms with van der Waals surface area (Å²) in [5, 5.41) is 0.486. The highest BCUT2D eigenvalue weighted by atomic mass is 19.1. The number of aryl methyl sites for hydroxylation is 1. The molecule has 8 heteroatoms. The molecule has 1 amide bonds. The first-order valence-electron chi connectivity index (χ1n) is 10.1. The van der Waals surface area contributed by atoms with E-state index in [9.17, 15) is 9.59 Å². The summed E-state index contributed by atoms with van der Waals surface area (Å²) in [6.07, 6.45) is 2.74. The minimum absolute atomic E-state index is 0.0438. The molecule has 4 N–H and O–H groups in total. The normalized spacial score (nSPS) is 20.3. The second-order valence-corrected chi connectivity index (χ2v) is 8.29. The third-order valence-electron chi connectivity index (χ3n) is 6.03. The average Bonchev–Trinajstić information content (AvgIpc) is 3.36. The molecule has 1 aliphatic carbocycles. The van der Waals surface area contributed by atoms with E-state index < -0.39 is 5.91 Å². The van der Waals surface area contributed by atoms with Crippen LogP contribution >= 0.6 is 0 Å². The number of hydrogen-bond acceptors (Lipinski definition) is 5. The SMILES string of the molecule is Cc1c(N2CC[C@@H]([C@H](C)N)C2)c(F)cc2c(OCC(N)=O)cc(=O)n(C3CC3)c12. The van der Waals surface area contributed by atoms with E-state index in [1.165, 1.54) is 12.1 Å². The van der Waals surface area contributed by atoms with E-state index in [-0.39, 0.29) is 35.8 Å². The zero-order chi connectivity index (χ0) is 20.9. The van der Waals surface area contributed by atoms with Crippen molar-refractivity contribution in [1.29, 1.82) is 0 Å². The van der Waals surface area contributed by atoms with Crippen LogP contribution in [-0.4, -0.2) is 36.2 Å². The van der Waals surface area contributed by atoms with Gasteiger partial charge < -0.3 is 25.7 Å². The molecule has 0 bridgehead atoms. The molecule has 29 heavy (non-hydrogen) atoms. The molecule has 0 spiro atoms. The van der Waals surface area contributed by atoms with Crippen LogP contribution in [0.25, 0.3) is 10.9 Å². The number of benzene rings is 1. The van der Waals surface area contributed by atoms with Gasteiger partial charge in [0.05, 0.1) is 11.2 Å². The van der Waals surface area contributed by atoms with Crippen molar-refractivity contribution in [2.45, 2.75) is 45.2 Å². The van der Waals surface area contributed by atoms with Crippen LogP contribution in [0.1, 0.15) is 37.8 Å². The zero-order valence-corrected chi connectivity index (χ0v) is 16.8. The maximum atomic E-state index is 15.3. The molecule has 2 heterocycles. The molecule has 0 radical (unpaired) electrons. The number of ether oxygens (including phenoxy) is 1. The molecule has 1 saturated carbocycles. The molecule has 4 rings (SSSR count). The van der Waals surface area contributed by atoms with Gasteiger partial charge in [0.2, 0.25) is 0 Å². The topological polar surface area (TPSA) is 104 Å². The first-order valence-corrected chi connectivity index (χ1v) is 10.1. The number of amides is 1. The van der Waals surface area contributed by atoms with Gasteiger partial charge in [-0.2, -0.15) is 0 Å². The molecule has 0 unspecified atom stereocenters. The van der Waals surface area contributed by atoms with Gasteiger partial charge >= 0.3 is 0 Å². The number of primary amides is 1. The van der Waals surface area contributed by atoms with E-state index in [0.717, 1.165) is 25.8 Å². The summed E-state index contributed by atoms with van der Waals surface area (Å²) < 4.78 is 22.5. The molecule has 2 atom stereocenters. The molecule has 1 aromatic carbocycles. The Morgan fingerprint density at radius 1 is 1.34 bits per heavy atom. The number of pyridine rings is 1. The van der Waals surface area contributed by atoms with Crippen LogP contribution in [-0.2, 0) is 4.79 Å². The lowest BCUT2D eigenvalue weighted by Crippen LogP contribution is -2.30. The Morgan fingerprint density at radius 3 is 2.66 bits per heavy atom. The Bertz CT molecular complexity index is 1030. The van der Waals surface area contributed by atoms with Crippen LogP contribution in [0.5, 0.6) is 5.75 Å². The van der Waals surface area contributed by atoms with Crippen molar-refractivity contribution in [2.75, 3.05) is 24.6 Å². The highest BCUT2D eigenvalue weighted by Crippen LogP contribution is 2.42. The van der Waals surface area contributed by atoms with Gasteiger partial charge in [0.1, 0.15) is 11.6 Å². The van der Waals surface area contributed by atoms with Crippen molar-refractivity contribution >= 4 is 22.5 Å². The standard InChI is InChI=1S/C21H27FN4O3/c1-11-20-15(7-16(22)21(11)25-6-5-13(9-25)12(2)23)17(29-10-18(24)27)8-19(28)26(20)14-3-4-14/h7-8,12-14H,3-6,9-10,23H2,1-2H3,(H2,24,27)/t12-,13+/m0/s1. The number of fused-ring (bicyclic) bond motifs is 1. The minimum Gasteiger partial charge on any atom is -0.483 e. The van der Waals surface area contributed by atoms with Crippen LogP contribution in [0.15, 0.2) is 16.9 Å². The van der Waals surface area contributed by atoms with Gasteiger partial charge in [0.15, 0.2) is 6.61 Å². The number of aromatic nitrogens is 1. The monoisotopic (exact) mass is 402 g/mol. The highest BCUT2D eigenvalue weighted by Gasteiger charge is 2.32. The minimum atomic E-state index is -0.655. The Labute approximate surface area is 168 Å². The molecule has 156 valence electrons. The Hall–Kier alpha value is -2.61. The van der Waals surface area contributed by atoms with Gasteiger partial charge in [-0.25, -0.2) is 4.39 Å². The number of nitrogens with two attached hydrogens (primary N) is 2. The van der Waals surface area contributed by atoms with Crippen LogP contribution in [0.2, 0.25) is 0 Å². The lowest BCUT2D eigenvalue weighted by Gasteiger charge is -2.25. The molecule has 1 aromatic heterocycles. The second-order valence-electron chi connectivity index (χ2n) is 8.29. The predicted molar refractivity (Wildman–Crippen MR) is 110 cm³/mol. The molecule has 1 aliphatic heterocycles. The fraction of sp³-hybridized carbons (Fsp3) is 0.524. The van der Waals surface area contributed by atoms with Gasteiger partial charge in [0.25, 0.3) is 11.5 Å². The smallest absolute Gasteiger partial charge is 0.255 e. The van der Waals surface area contributed by atoms with E-state index in [0.29, 0.717) is 34.6 Å². The zero-order valence-electron chi connectivity index (χ0n) is 16.8. The molecular weight excluding hydrogens is 375 g/mol. The fourth-order valence-corrected chi connectivity index (χ4v) is 4.40. The summed E-state index contributed by atoms with van der Waals surface area (Å²) in [7, 11) is 0. The van der Waals surface area contributed by atoms with Crippen molar-refractivity contribution in [3.05, 3.63) is 33.9 Å². The third kappa shape index (κ3) is 3.57. The summed E-state index contributed by atoms with van der Waals surface area (Å²) in [5.41, 5.74) is 12.9. The third-order valence-corrected chi connectivity index (χ3v) is 6.03. The van der Waals surface area contributed by atoms with Crippen molar-refractivity contribution in [3.8, 4) is 5.75 Å². The van der Waals surface area contributed by atoms with Gasteiger partial charge in [-0.15, -0.1) is 0 Å². The number of carbonyl (C=O) groups excluding carboxylic acids is 1. The molecular formula is C21H27FN4O3. The quantitative estimate of drug-likeness (QED) is 0.767. The number of hydrogen-bond donors (Lipinski definition) is 2. The summed E-state index contributed by atoms with van der Waals surface area (Å²) in [6, 6.07) is 2.89. The average molecular weight is 402 g/mol. The Kier molecular flexibility index (Phi) is 4.98. The van der Waals surface area contributed by atoms with Crippen molar-refractivity contribution in [2.24, 2.45) is 17.4 Å². The number of carbonyl (C=O) groups is 1. The van der Waals surface area contributed by atoms with E-state index in [4.69, 9.17) is 16.2 Å². The first kappa shape index (κ1) is 19.7.